The molecule has 0 amide bonds. The molecule has 0 saturated heterocycles. The molecule has 1 aromatic heterocycles. The van der Waals surface area contributed by atoms with Crippen molar-refractivity contribution in [3.63, 3.8) is 0 Å². The number of benzene rings is 1. The van der Waals surface area contributed by atoms with Crippen molar-refractivity contribution in [3.05, 3.63) is 54.4 Å². The lowest BCUT2D eigenvalue weighted by Crippen LogP contribution is -2.35. The van der Waals surface area contributed by atoms with E-state index < -0.39 is 12.4 Å². The minimum atomic E-state index is -5.05. The van der Waals surface area contributed by atoms with Crippen molar-refractivity contribution in [1.29, 1.82) is 0 Å². The quantitative estimate of drug-likeness (QED) is 0.776. The lowest BCUT2D eigenvalue weighted by atomic mass is 9.79. The van der Waals surface area contributed by atoms with E-state index in [4.69, 9.17) is 4.74 Å². The third-order valence-corrected chi connectivity index (χ3v) is 2.64. The predicted molar refractivity (Wildman–Crippen MR) is 68.6 cm³/mol. The van der Waals surface area contributed by atoms with E-state index in [9.17, 15) is 12.9 Å². The van der Waals surface area contributed by atoms with Crippen LogP contribution in [-0.4, -0.2) is 18.6 Å². The molecule has 0 unspecified atom stereocenters. The van der Waals surface area contributed by atoms with Gasteiger partial charge in [0.25, 0.3) is 0 Å². The Bertz CT molecular complexity index is 531. The average Bonchev–Trinajstić information content (AvgIpc) is 2.39. The predicted octanol–water partition coefficient (Wildman–Crippen LogP) is 2.76. The first-order valence-electron chi connectivity index (χ1n) is 5.88. The second-order valence-corrected chi connectivity index (χ2v) is 4.07. The number of pyridine rings is 1. The second kappa shape index (κ2) is 5.78. The summed E-state index contributed by atoms with van der Waals surface area (Å²) in [5, 5.41) is 0. The van der Waals surface area contributed by atoms with Crippen LogP contribution in [0, 0.1) is 0 Å². The molecule has 0 N–H and O–H groups in total. The Kier molecular flexibility index (Phi) is 4.09. The van der Waals surface area contributed by atoms with Crippen molar-refractivity contribution < 1.29 is 17.7 Å². The Morgan fingerprint density at radius 3 is 2.53 bits per heavy atom. The SMILES string of the molecule is F[B-](F)(F)c1ccccc1OCCc1cccnc1. The Morgan fingerprint density at radius 2 is 1.84 bits per heavy atom. The Hall–Kier alpha value is -1.98. The summed E-state index contributed by atoms with van der Waals surface area (Å²) in [6.07, 6.45) is 3.84. The van der Waals surface area contributed by atoms with Crippen LogP contribution in [0.25, 0.3) is 0 Å². The summed E-state index contributed by atoms with van der Waals surface area (Å²) in [6, 6.07) is 8.91. The van der Waals surface area contributed by atoms with Crippen LogP contribution < -0.4 is 10.2 Å². The van der Waals surface area contributed by atoms with Gasteiger partial charge in [-0.25, -0.2) is 0 Å². The second-order valence-electron chi connectivity index (χ2n) is 4.07. The molecular weight excluding hydrogens is 254 g/mol. The number of ether oxygens (including phenoxy) is 1. The van der Waals surface area contributed by atoms with Gasteiger partial charge in [0, 0.05) is 18.8 Å². The summed E-state index contributed by atoms with van der Waals surface area (Å²) in [5.41, 5.74) is 0.242. The maximum Gasteiger partial charge on any atom is 0.513 e. The van der Waals surface area contributed by atoms with Crippen molar-refractivity contribution in [1.82, 2.24) is 4.98 Å². The fourth-order valence-corrected chi connectivity index (χ4v) is 1.71. The van der Waals surface area contributed by atoms with Crippen LogP contribution in [0.4, 0.5) is 12.9 Å². The smallest absolute Gasteiger partial charge is 0.496 e. The first kappa shape index (κ1) is 13.5. The molecule has 0 spiro atoms. The van der Waals surface area contributed by atoms with Crippen LogP contribution in [0.3, 0.4) is 0 Å². The molecule has 100 valence electrons. The highest BCUT2D eigenvalue weighted by Gasteiger charge is 2.28. The van der Waals surface area contributed by atoms with E-state index in [1.807, 2.05) is 6.07 Å². The van der Waals surface area contributed by atoms with Gasteiger partial charge in [-0.1, -0.05) is 29.7 Å². The molecule has 1 heterocycles. The number of nitrogens with zero attached hydrogens (tertiary/aromatic N) is 1. The normalized spacial score (nSPS) is 11.3. The number of hydrogen-bond acceptors (Lipinski definition) is 2. The van der Waals surface area contributed by atoms with Crippen molar-refractivity contribution in [2.24, 2.45) is 0 Å². The van der Waals surface area contributed by atoms with E-state index in [1.165, 1.54) is 18.2 Å². The molecule has 0 aliphatic rings. The first-order chi connectivity index (χ1) is 9.07. The highest BCUT2D eigenvalue weighted by molar-refractivity contribution is 6.74. The molecule has 0 bridgehead atoms. The number of para-hydroxylation sites is 1. The maximum atomic E-state index is 12.8. The van der Waals surface area contributed by atoms with E-state index in [0.29, 0.717) is 6.42 Å². The average molecular weight is 266 g/mol. The van der Waals surface area contributed by atoms with Gasteiger partial charge in [0.15, 0.2) is 0 Å². The van der Waals surface area contributed by atoms with Gasteiger partial charge >= 0.3 is 6.98 Å². The molecule has 0 atom stereocenters. The molecule has 0 fully saturated rings. The molecule has 0 aliphatic carbocycles. The Morgan fingerprint density at radius 1 is 1.05 bits per heavy atom. The van der Waals surface area contributed by atoms with Crippen LogP contribution in [0.1, 0.15) is 5.56 Å². The number of aromatic nitrogens is 1. The summed E-state index contributed by atoms with van der Waals surface area (Å²) in [4.78, 5) is 3.93. The lowest BCUT2D eigenvalue weighted by molar-refractivity contribution is 0.322. The van der Waals surface area contributed by atoms with Gasteiger partial charge in [0.2, 0.25) is 0 Å². The number of hydrogen-bond donors (Lipinski definition) is 0. The molecule has 0 saturated carbocycles. The van der Waals surface area contributed by atoms with E-state index in [0.717, 1.165) is 11.6 Å². The van der Waals surface area contributed by atoms with Crippen molar-refractivity contribution >= 4 is 12.4 Å². The molecule has 2 nitrogen and oxygen atoms in total. The first-order valence-corrected chi connectivity index (χ1v) is 5.88. The fraction of sp³-hybridized carbons (Fsp3) is 0.154. The molecule has 0 aliphatic heterocycles. The van der Waals surface area contributed by atoms with Gasteiger partial charge in [-0.05, 0) is 17.7 Å². The minimum Gasteiger partial charge on any atom is -0.496 e. The van der Waals surface area contributed by atoms with E-state index >= 15 is 0 Å². The van der Waals surface area contributed by atoms with Crippen molar-refractivity contribution in [2.75, 3.05) is 6.61 Å². The van der Waals surface area contributed by atoms with Crippen LogP contribution in [0.2, 0.25) is 0 Å². The third-order valence-electron chi connectivity index (χ3n) is 2.64. The number of rotatable bonds is 5. The van der Waals surface area contributed by atoms with E-state index in [-0.39, 0.29) is 12.4 Å². The topological polar surface area (TPSA) is 22.1 Å². The van der Waals surface area contributed by atoms with Crippen LogP contribution in [-0.2, 0) is 6.42 Å². The van der Waals surface area contributed by atoms with Gasteiger partial charge in [0.05, 0.1) is 12.4 Å². The molecular formula is C13H12BF3NO-. The monoisotopic (exact) mass is 266 g/mol. The lowest BCUT2D eigenvalue weighted by Gasteiger charge is -2.19. The van der Waals surface area contributed by atoms with E-state index in [2.05, 4.69) is 4.98 Å². The zero-order chi connectivity index (χ0) is 13.7. The molecule has 6 heteroatoms. The van der Waals surface area contributed by atoms with Gasteiger partial charge in [-0.3, -0.25) is 4.98 Å². The van der Waals surface area contributed by atoms with Gasteiger partial charge in [0.1, 0.15) is 0 Å². The zero-order valence-electron chi connectivity index (χ0n) is 10.1. The van der Waals surface area contributed by atoms with Gasteiger partial charge < -0.3 is 17.7 Å². The summed E-state index contributed by atoms with van der Waals surface area (Å²) >= 11 is 0. The van der Waals surface area contributed by atoms with Crippen molar-refractivity contribution in [2.45, 2.75) is 6.42 Å². The molecule has 2 aromatic rings. The Balaban J connectivity index is 2.00. The Labute approximate surface area is 109 Å². The van der Waals surface area contributed by atoms with Crippen LogP contribution in [0.5, 0.6) is 5.75 Å². The third kappa shape index (κ3) is 3.74. The summed E-state index contributed by atoms with van der Waals surface area (Å²) in [6.45, 7) is -4.86. The fourth-order valence-electron chi connectivity index (χ4n) is 1.71. The standard InChI is InChI=1S/C13H12BF3NO/c15-14(16,17)12-5-1-2-6-13(12)19-9-7-11-4-3-8-18-10-11/h1-6,8,10H,7,9H2/q-1. The van der Waals surface area contributed by atoms with Crippen LogP contribution >= 0.6 is 0 Å². The van der Waals surface area contributed by atoms with Crippen molar-refractivity contribution in [3.8, 4) is 5.75 Å². The number of halogens is 3. The van der Waals surface area contributed by atoms with E-state index in [1.54, 1.807) is 18.5 Å². The highest BCUT2D eigenvalue weighted by Crippen LogP contribution is 2.17. The molecule has 0 radical (unpaired) electrons. The van der Waals surface area contributed by atoms with Gasteiger partial charge in [-0.15, -0.1) is 0 Å². The summed E-state index contributed by atoms with van der Waals surface area (Å²) in [5.74, 6) is -0.112. The maximum absolute atomic E-state index is 12.8. The summed E-state index contributed by atoms with van der Waals surface area (Å²) < 4.78 is 43.5. The zero-order valence-corrected chi connectivity index (χ0v) is 10.1. The largest absolute Gasteiger partial charge is 0.513 e. The van der Waals surface area contributed by atoms with Gasteiger partial charge in [-0.2, -0.15) is 0 Å². The molecule has 2 rings (SSSR count). The molecule has 19 heavy (non-hydrogen) atoms. The summed E-state index contributed by atoms with van der Waals surface area (Å²) in [7, 11) is 0. The highest BCUT2D eigenvalue weighted by atomic mass is 19.4. The molecule has 1 aromatic carbocycles. The minimum absolute atomic E-state index is 0.112. The van der Waals surface area contributed by atoms with Crippen LogP contribution in [0.15, 0.2) is 48.8 Å².